The number of carbonyl (C=O) groups excluding carboxylic acids is 1. The third-order valence-electron chi connectivity index (χ3n) is 8.62. The van der Waals surface area contributed by atoms with Crippen molar-refractivity contribution >= 4 is 51.3 Å². The van der Waals surface area contributed by atoms with Crippen LogP contribution in [0.15, 0.2) is 60.9 Å². The van der Waals surface area contributed by atoms with Crippen LogP contribution in [0.5, 0.6) is 0 Å². The lowest BCUT2D eigenvalue weighted by molar-refractivity contribution is -0.132. The first-order valence-electron chi connectivity index (χ1n) is 15.4. The molecule has 2 aliphatic heterocycles. The van der Waals surface area contributed by atoms with Gasteiger partial charge in [-0.2, -0.15) is 0 Å². The fraction of sp³-hybridized carbons (Fsp3) is 0.314. The highest BCUT2D eigenvalue weighted by atomic mass is 35.5. The molecule has 1 amide bonds. The van der Waals surface area contributed by atoms with Gasteiger partial charge in [0.05, 0.1) is 36.0 Å². The zero-order valence-corrected chi connectivity index (χ0v) is 27.4. The minimum Gasteiger partial charge on any atom is -0.337 e. The van der Waals surface area contributed by atoms with Crippen molar-refractivity contribution in [2.45, 2.75) is 39.4 Å². The monoisotopic (exact) mass is 637 g/mol. The molecule has 0 aliphatic carbocycles. The number of anilines is 2. The molecule has 2 aromatic carbocycles. The van der Waals surface area contributed by atoms with Gasteiger partial charge in [0, 0.05) is 40.3 Å². The van der Waals surface area contributed by atoms with Crippen LogP contribution in [0.2, 0.25) is 5.02 Å². The quantitative estimate of drug-likeness (QED) is 0.194. The average molecular weight is 638 g/mol. The second-order valence-electron chi connectivity index (χ2n) is 12.2. The number of benzene rings is 2. The first kappa shape index (κ1) is 29.8. The van der Waals surface area contributed by atoms with E-state index in [2.05, 4.69) is 52.5 Å². The van der Waals surface area contributed by atoms with Gasteiger partial charge in [-0.05, 0) is 81.8 Å². The van der Waals surface area contributed by atoms with Crippen molar-refractivity contribution in [1.82, 2.24) is 29.7 Å². The summed E-state index contributed by atoms with van der Waals surface area (Å²) in [5.74, 6) is 0.810. The minimum absolute atomic E-state index is 0.129. The van der Waals surface area contributed by atoms with E-state index in [9.17, 15) is 4.79 Å². The summed E-state index contributed by atoms with van der Waals surface area (Å²) in [4.78, 5) is 34.4. The highest BCUT2D eigenvalue weighted by molar-refractivity contribution is 7.15. The fourth-order valence-corrected chi connectivity index (χ4v) is 7.75. The zero-order chi connectivity index (χ0) is 31.1. The summed E-state index contributed by atoms with van der Waals surface area (Å²) < 4.78 is 0. The van der Waals surface area contributed by atoms with E-state index < -0.39 is 0 Å². The molecular formula is C35H36ClN7OS. The van der Waals surface area contributed by atoms with Crippen molar-refractivity contribution < 1.29 is 4.79 Å². The number of pyridine rings is 2. The number of hydrogen-bond donors (Lipinski definition) is 1. The molecule has 10 heteroatoms. The summed E-state index contributed by atoms with van der Waals surface area (Å²) in [7, 11) is 3.83. The number of amides is 1. The Morgan fingerprint density at radius 3 is 2.60 bits per heavy atom. The van der Waals surface area contributed by atoms with E-state index in [0.717, 1.165) is 74.1 Å². The molecule has 0 spiro atoms. The Labute approximate surface area is 272 Å². The topological polar surface area (TPSA) is 77.5 Å². The van der Waals surface area contributed by atoms with Crippen LogP contribution in [-0.4, -0.2) is 69.3 Å². The van der Waals surface area contributed by atoms with Gasteiger partial charge < -0.3 is 15.1 Å². The minimum atomic E-state index is 0.129. The van der Waals surface area contributed by atoms with E-state index in [1.54, 1.807) is 11.3 Å². The van der Waals surface area contributed by atoms with Gasteiger partial charge in [-0.25, -0.2) is 9.97 Å². The highest BCUT2D eigenvalue weighted by Crippen LogP contribution is 2.41. The summed E-state index contributed by atoms with van der Waals surface area (Å²) in [6.07, 6.45) is 6.33. The van der Waals surface area contributed by atoms with Crippen molar-refractivity contribution in [3.05, 3.63) is 87.6 Å². The molecule has 3 aromatic heterocycles. The Kier molecular flexibility index (Phi) is 8.27. The van der Waals surface area contributed by atoms with Crippen LogP contribution in [0.1, 0.15) is 34.5 Å². The summed E-state index contributed by atoms with van der Waals surface area (Å²) >= 11 is 8.78. The molecule has 2 aliphatic rings. The zero-order valence-electron chi connectivity index (χ0n) is 25.8. The second-order valence-corrected chi connectivity index (χ2v) is 13.7. The molecule has 1 N–H and O–H groups in total. The lowest BCUT2D eigenvalue weighted by atomic mass is 9.96. The standard InChI is InChI=1S/C35H36ClN7OS/c1-22-25(8-6-9-26(22)35-40-29-19-43(20-30(29)45-35)31(44)21-41(2)3)27-10-7-11-28(32(27)36)39-34-33-24(12-13-37-34)16-23(17-38-33)18-42-14-4-5-15-42/h6-13,16-17H,4-5,14-15,18-21H2,1-3H3,(H,37,39). The predicted molar refractivity (Wildman–Crippen MR) is 183 cm³/mol. The molecule has 0 unspecified atom stereocenters. The lowest BCUT2D eigenvalue weighted by Gasteiger charge is -2.18. The van der Waals surface area contributed by atoms with Crippen LogP contribution < -0.4 is 5.32 Å². The number of likely N-dealkylation sites (tertiary alicyclic amines) is 1. The van der Waals surface area contributed by atoms with Gasteiger partial charge in [0.15, 0.2) is 5.82 Å². The number of halogens is 1. The van der Waals surface area contributed by atoms with Crippen LogP contribution in [0, 0.1) is 6.92 Å². The molecule has 45 heavy (non-hydrogen) atoms. The maximum absolute atomic E-state index is 12.6. The molecule has 8 nitrogen and oxygen atoms in total. The third kappa shape index (κ3) is 6.05. The molecule has 1 fully saturated rings. The molecule has 1 saturated heterocycles. The molecule has 5 heterocycles. The maximum atomic E-state index is 12.6. The lowest BCUT2D eigenvalue weighted by Crippen LogP contribution is -2.34. The normalized spacial score (nSPS) is 14.9. The molecule has 0 atom stereocenters. The van der Waals surface area contributed by atoms with Crippen molar-refractivity contribution in [2.24, 2.45) is 0 Å². The van der Waals surface area contributed by atoms with Gasteiger partial charge in [-0.15, -0.1) is 11.3 Å². The van der Waals surface area contributed by atoms with Crippen LogP contribution >= 0.6 is 22.9 Å². The van der Waals surface area contributed by atoms with Crippen molar-refractivity contribution in [1.29, 1.82) is 0 Å². The molecular weight excluding hydrogens is 602 g/mol. The van der Waals surface area contributed by atoms with Gasteiger partial charge in [-0.1, -0.05) is 41.9 Å². The number of fused-ring (bicyclic) bond motifs is 2. The van der Waals surface area contributed by atoms with E-state index >= 15 is 0 Å². The first-order valence-corrected chi connectivity index (χ1v) is 16.6. The Morgan fingerprint density at radius 1 is 1.02 bits per heavy atom. The Bertz CT molecular complexity index is 1880. The molecule has 230 valence electrons. The van der Waals surface area contributed by atoms with Crippen LogP contribution in [0.25, 0.3) is 32.6 Å². The number of nitrogens with one attached hydrogen (secondary N) is 1. The van der Waals surface area contributed by atoms with E-state index in [1.807, 2.05) is 54.5 Å². The van der Waals surface area contributed by atoms with E-state index in [4.69, 9.17) is 21.6 Å². The number of carbonyl (C=O) groups is 1. The van der Waals surface area contributed by atoms with Crippen LogP contribution in [0.4, 0.5) is 11.5 Å². The van der Waals surface area contributed by atoms with E-state index in [-0.39, 0.29) is 5.91 Å². The number of rotatable bonds is 8. The smallest absolute Gasteiger partial charge is 0.237 e. The van der Waals surface area contributed by atoms with Crippen molar-refractivity contribution in [3.63, 3.8) is 0 Å². The highest BCUT2D eigenvalue weighted by Gasteiger charge is 2.28. The molecule has 0 bridgehead atoms. The Hall–Kier alpha value is -3.89. The van der Waals surface area contributed by atoms with Crippen molar-refractivity contribution in [2.75, 3.05) is 39.0 Å². The summed E-state index contributed by atoms with van der Waals surface area (Å²) in [6, 6.07) is 16.5. The van der Waals surface area contributed by atoms with Crippen LogP contribution in [0.3, 0.4) is 0 Å². The maximum Gasteiger partial charge on any atom is 0.237 e. The van der Waals surface area contributed by atoms with E-state index in [0.29, 0.717) is 30.5 Å². The number of thiazole rings is 1. The summed E-state index contributed by atoms with van der Waals surface area (Å²) in [5, 5.41) is 6.13. The first-order chi connectivity index (χ1) is 21.8. The van der Waals surface area contributed by atoms with Gasteiger partial charge in [0.2, 0.25) is 5.91 Å². The van der Waals surface area contributed by atoms with Gasteiger partial charge in [-0.3, -0.25) is 14.7 Å². The third-order valence-corrected chi connectivity index (χ3v) is 10.1. The molecule has 5 aromatic rings. The second kappa shape index (κ2) is 12.5. The number of aromatic nitrogens is 3. The fourth-order valence-electron chi connectivity index (χ4n) is 6.31. The SMILES string of the molecule is Cc1c(-c2nc3c(s2)CN(C(=O)CN(C)C)C3)cccc1-c1cccc(Nc2nccc3cc(CN4CCCC4)cnc23)c1Cl. The Balaban J connectivity index is 1.14. The summed E-state index contributed by atoms with van der Waals surface area (Å²) in [5.41, 5.74) is 7.99. The largest absolute Gasteiger partial charge is 0.337 e. The number of likely N-dealkylation sites (N-methyl/N-ethyl adjacent to an activating group) is 1. The van der Waals surface area contributed by atoms with Gasteiger partial charge in [0.25, 0.3) is 0 Å². The number of nitrogens with zero attached hydrogens (tertiary/aromatic N) is 6. The van der Waals surface area contributed by atoms with E-state index in [1.165, 1.54) is 18.4 Å². The average Bonchev–Trinajstić information content (AvgIpc) is 3.76. The van der Waals surface area contributed by atoms with Crippen LogP contribution in [-0.2, 0) is 24.4 Å². The van der Waals surface area contributed by atoms with Gasteiger partial charge >= 0.3 is 0 Å². The Morgan fingerprint density at radius 2 is 1.80 bits per heavy atom. The summed E-state index contributed by atoms with van der Waals surface area (Å²) in [6.45, 7) is 6.95. The predicted octanol–water partition coefficient (Wildman–Crippen LogP) is 7.13. The van der Waals surface area contributed by atoms with Crippen molar-refractivity contribution in [3.8, 4) is 21.7 Å². The molecule has 0 radical (unpaired) electrons. The number of hydrogen-bond acceptors (Lipinski definition) is 8. The molecule has 0 saturated carbocycles. The van der Waals surface area contributed by atoms with Gasteiger partial charge in [0.1, 0.15) is 10.5 Å². The molecule has 7 rings (SSSR count).